The third kappa shape index (κ3) is 6.15. The Hall–Kier alpha value is -3.89. The highest BCUT2D eigenvalue weighted by atomic mass is 19.4. The molecule has 42 heavy (non-hydrogen) atoms. The molecule has 224 valence electrons. The standard InChI is InChI=1S/C29H34F3N7O3/c1-3-26(41)39-13-12-38(15-19(39)8-10-33)27-22-9-11-37(25-7-5-4-6-23(25)29(30,31)32)17-24(22)34-28(35-27)42-18-20-14-21(40)16-36(20)2/h3-7,19-21,40H,1,8-9,11-18H2,2H3/t19?,20-,21+/m0/s1. The zero-order valence-corrected chi connectivity index (χ0v) is 23.4. The Morgan fingerprint density at radius 2 is 1.98 bits per heavy atom. The Bertz CT molecular complexity index is 1360. The van der Waals surface area contributed by atoms with E-state index in [1.807, 2.05) is 16.8 Å². The second kappa shape index (κ2) is 12.1. The largest absolute Gasteiger partial charge is 0.462 e. The molecule has 3 atom stereocenters. The topological polar surface area (TPSA) is 109 Å². The van der Waals surface area contributed by atoms with E-state index in [4.69, 9.17) is 9.72 Å². The maximum absolute atomic E-state index is 13.8. The van der Waals surface area contributed by atoms with Crippen molar-refractivity contribution >= 4 is 17.4 Å². The molecule has 1 aromatic carbocycles. The number of β-amino-alcohol motifs (C(OH)–C–C–N with tert-alkyl or cyclic N) is 1. The first-order chi connectivity index (χ1) is 20.1. The van der Waals surface area contributed by atoms with Crippen LogP contribution in [0.15, 0.2) is 36.9 Å². The summed E-state index contributed by atoms with van der Waals surface area (Å²) in [6, 6.07) is 7.36. The predicted molar refractivity (Wildman–Crippen MR) is 149 cm³/mol. The monoisotopic (exact) mass is 585 g/mol. The number of likely N-dealkylation sites (N-methyl/N-ethyl adjacent to an activating group) is 1. The molecule has 2 aromatic rings. The molecule has 0 spiro atoms. The summed E-state index contributed by atoms with van der Waals surface area (Å²) in [6.07, 6.45) is -2.63. The number of nitrogens with zero attached hydrogens (tertiary/aromatic N) is 7. The van der Waals surface area contributed by atoms with Gasteiger partial charge in [-0.25, -0.2) is 0 Å². The van der Waals surface area contributed by atoms with Gasteiger partial charge in [0.05, 0.1) is 42.4 Å². The van der Waals surface area contributed by atoms with Crippen molar-refractivity contribution in [3.05, 3.63) is 53.7 Å². The third-order valence-electron chi connectivity index (χ3n) is 8.21. The maximum Gasteiger partial charge on any atom is 0.418 e. The van der Waals surface area contributed by atoms with Crippen molar-refractivity contribution in [1.82, 2.24) is 19.8 Å². The second-order valence-corrected chi connectivity index (χ2v) is 10.9. The number of carbonyl (C=O) groups is 1. The van der Waals surface area contributed by atoms with Crippen molar-refractivity contribution in [2.24, 2.45) is 0 Å². The van der Waals surface area contributed by atoms with E-state index in [0.29, 0.717) is 57.1 Å². The van der Waals surface area contributed by atoms with Crippen LogP contribution in [0.4, 0.5) is 24.7 Å². The molecular formula is C29H34F3N7O3. The van der Waals surface area contributed by atoms with Gasteiger partial charge in [-0.2, -0.15) is 28.4 Å². The van der Waals surface area contributed by atoms with E-state index >= 15 is 0 Å². The van der Waals surface area contributed by atoms with Crippen LogP contribution >= 0.6 is 0 Å². The molecule has 1 aromatic heterocycles. The van der Waals surface area contributed by atoms with E-state index in [9.17, 15) is 28.3 Å². The van der Waals surface area contributed by atoms with Crippen LogP contribution < -0.4 is 14.5 Å². The number of hydrogen-bond acceptors (Lipinski definition) is 9. The summed E-state index contributed by atoms with van der Waals surface area (Å²) in [7, 11) is 1.90. The summed E-state index contributed by atoms with van der Waals surface area (Å²) in [5.41, 5.74) is 0.769. The van der Waals surface area contributed by atoms with Gasteiger partial charge in [-0.3, -0.25) is 9.69 Å². The number of para-hydroxylation sites is 1. The molecule has 0 bridgehead atoms. The van der Waals surface area contributed by atoms with Gasteiger partial charge < -0.3 is 24.5 Å². The van der Waals surface area contributed by atoms with Gasteiger partial charge in [-0.15, -0.1) is 0 Å². The molecule has 0 aliphatic carbocycles. The zero-order chi connectivity index (χ0) is 30.0. The van der Waals surface area contributed by atoms with E-state index in [1.165, 1.54) is 18.2 Å². The number of hydrogen-bond donors (Lipinski definition) is 1. The van der Waals surface area contributed by atoms with E-state index in [0.717, 1.165) is 11.6 Å². The third-order valence-corrected chi connectivity index (χ3v) is 8.21. The molecule has 3 aliphatic rings. The second-order valence-electron chi connectivity index (χ2n) is 10.9. The fourth-order valence-electron chi connectivity index (χ4n) is 6.06. The summed E-state index contributed by atoms with van der Waals surface area (Å²) >= 11 is 0. The predicted octanol–water partition coefficient (Wildman–Crippen LogP) is 2.62. The van der Waals surface area contributed by atoms with Crippen LogP contribution in [0, 0.1) is 11.3 Å². The number of benzene rings is 1. The van der Waals surface area contributed by atoms with Crippen molar-refractivity contribution in [1.29, 1.82) is 5.26 Å². The molecule has 10 nitrogen and oxygen atoms in total. The number of amides is 1. The fourth-order valence-corrected chi connectivity index (χ4v) is 6.06. The number of anilines is 2. The summed E-state index contributed by atoms with van der Waals surface area (Å²) in [6.45, 7) is 5.98. The molecule has 4 heterocycles. The Labute approximate surface area is 242 Å². The average Bonchev–Trinajstić information content (AvgIpc) is 3.30. The van der Waals surface area contributed by atoms with Crippen molar-refractivity contribution in [2.75, 3.05) is 56.2 Å². The molecular weight excluding hydrogens is 551 g/mol. The van der Waals surface area contributed by atoms with Crippen molar-refractivity contribution in [3.8, 4) is 12.1 Å². The number of piperazine rings is 1. The molecule has 5 rings (SSSR count). The molecule has 1 unspecified atom stereocenters. The number of aromatic nitrogens is 2. The van der Waals surface area contributed by atoms with Gasteiger partial charge in [0.2, 0.25) is 5.91 Å². The number of halogens is 3. The van der Waals surface area contributed by atoms with Gasteiger partial charge in [-0.1, -0.05) is 18.7 Å². The molecule has 0 radical (unpaired) electrons. The Morgan fingerprint density at radius 3 is 2.67 bits per heavy atom. The van der Waals surface area contributed by atoms with E-state index in [2.05, 4.69) is 17.6 Å². The minimum atomic E-state index is -4.50. The highest BCUT2D eigenvalue weighted by Crippen LogP contribution is 2.39. The van der Waals surface area contributed by atoms with Crippen molar-refractivity contribution in [2.45, 2.75) is 50.2 Å². The highest BCUT2D eigenvalue weighted by molar-refractivity contribution is 5.87. The first kappa shape index (κ1) is 29.6. The molecule has 1 N–H and O–H groups in total. The number of alkyl halides is 3. The van der Waals surface area contributed by atoms with Crippen LogP contribution in [-0.2, 0) is 23.9 Å². The van der Waals surface area contributed by atoms with Crippen molar-refractivity contribution < 1.29 is 27.8 Å². The number of likely N-dealkylation sites (tertiary alicyclic amines) is 1. The lowest BCUT2D eigenvalue weighted by Gasteiger charge is -2.42. The Kier molecular flexibility index (Phi) is 8.56. The maximum atomic E-state index is 13.8. The van der Waals surface area contributed by atoms with Gasteiger partial charge in [0.25, 0.3) is 0 Å². The lowest BCUT2D eigenvalue weighted by atomic mass is 10.0. The molecule has 1 amide bonds. The van der Waals surface area contributed by atoms with Crippen LogP contribution in [0.3, 0.4) is 0 Å². The van der Waals surface area contributed by atoms with Crippen LogP contribution in [0.2, 0.25) is 0 Å². The number of carbonyl (C=O) groups excluding carboxylic acids is 1. The molecule has 3 aliphatic heterocycles. The van der Waals surface area contributed by atoms with Gasteiger partial charge in [0.1, 0.15) is 12.4 Å². The summed E-state index contributed by atoms with van der Waals surface area (Å²) in [4.78, 5) is 29.2. The van der Waals surface area contributed by atoms with Gasteiger partial charge >= 0.3 is 12.2 Å². The minimum absolute atomic E-state index is 0.0355. The summed E-state index contributed by atoms with van der Waals surface area (Å²) in [5.74, 6) is 0.359. The van der Waals surface area contributed by atoms with E-state index in [1.54, 1.807) is 15.9 Å². The normalized spacial score (nSPS) is 23.0. The van der Waals surface area contributed by atoms with Crippen LogP contribution in [0.25, 0.3) is 0 Å². The van der Waals surface area contributed by atoms with Crippen LogP contribution in [0.1, 0.15) is 29.7 Å². The number of aliphatic hydroxyl groups is 1. The first-order valence-electron chi connectivity index (χ1n) is 14.0. The minimum Gasteiger partial charge on any atom is -0.462 e. The highest BCUT2D eigenvalue weighted by Gasteiger charge is 2.37. The Balaban J connectivity index is 1.47. The Morgan fingerprint density at radius 1 is 1.19 bits per heavy atom. The van der Waals surface area contributed by atoms with Gasteiger partial charge in [0, 0.05) is 50.0 Å². The van der Waals surface area contributed by atoms with Crippen LogP contribution in [-0.4, -0.2) is 95.3 Å². The quantitative estimate of drug-likeness (QED) is 0.491. The van der Waals surface area contributed by atoms with Crippen LogP contribution in [0.5, 0.6) is 6.01 Å². The fraction of sp³-hybridized carbons (Fsp3) is 0.517. The lowest BCUT2D eigenvalue weighted by Crippen LogP contribution is -2.55. The van der Waals surface area contributed by atoms with E-state index in [-0.39, 0.29) is 49.3 Å². The number of ether oxygens (including phenoxy) is 1. The zero-order valence-electron chi connectivity index (χ0n) is 23.4. The smallest absolute Gasteiger partial charge is 0.418 e. The molecule has 2 fully saturated rings. The van der Waals surface area contributed by atoms with Crippen molar-refractivity contribution in [3.63, 3.8) is 0 Å². The van der Waals surface area contributed by atoms with E-state index < -0.39 is 17.8 Å². The average molecular weight is 586 g/mol. The van der Waals surface area contributed by atoms with Gasteiger partial charge in [-0.05, 0) is 38.1 Å². The number of nitriles is 1. The summed E-state index contributed by atoms with van der Waals surface area (Å²) in [5, 5.41) is 19.5. The SMILES string of the molecule is C=CC(=O)N1CCN(c2nc(OC[C@@H]3C[C@@H](O)CN3C)nc3c2CCN(c2ccccc2C(F)(F)F)C3)CC1CC#N. The molecule has 0 saturated carbocycles. The lowest BCUT2D eigenvalue weighted by molar-refractivity contribution is -0.137. The molecule has 2 saturated heterocycles. The number of aliphatic hydroxyl groups excluding tert-OH is 1. The molecule has 13 heteroatoms. The number of rotatable bonds is 7. The first-order valence-corrected chi connectivity index (χ1v) is 14.0. The summed E-state index contributed by atoms with van der Waals surface area (Å²) < 4.78 is 47.5. The van der Waals surface area contributed by atoms with Gasteiger partial charge in [0.15, 0.2) is 0 Å². The number of fused-ring (bicyclic) bond motifs is 1.